The normalized spacial score (nSPS) is 14.5. The van der Waals surface area contributed by atoms with Crippen molar-refractivity contribution in [3.05, 3.63) is 82.8 Å². The molecule has 0 aliphatic heterocycles. The number of nitrogens with two attached hydrogens (primary N) is 1. The minimum Gasteiger partial charge on any atom is -0.404 e. The van der Waals surface area contributed by atoms with E-state index in [1.165, 1.54) is 22.7 Å². The van der Waals surface area contributed by atoms with E-state index in [0.717, 1.165) is 43.7 Å². The Kier molecular flexibility index (Phi) is 23.0. The Morgan fingerprint density at radius 3 is 2.11 bits per heavy atom. The van der Waals surface area contributed by atoms with Crippen LogP contribution in [-0.4, -0.2) is 46.4 Å². The van der Waals surface area contributed by atoms with Gasteiger partial charge in [0.1, 0.15) is 6.04 Å². The highest BCUT2D eigenvalue weighted by atomic mass is 19.4. The smallest absolute Gasteiger partial charge is 0.404 e. The van der Waals surface area contributed by atoms with Gasteiger partial charge >= 0.3 is 6.18 Å². The molecule has 1 fully saturated rings. The van der Waals surface area contributed by atoms with Gasteiger partial charge in [-0.15, -0.1) is 0 Å². The van der Waals surface area contributed by atoms with Crippen molar-refractivity contribution in [2.75, 3.05) is 7.05 Å². The number of hydrogen-bond donors (Lipinski definition) is 3. The topological polar surface area (TPSA) is 114 Å². The highest BCUT2D eigenvalue weighted by Gasteiger charge is 2.37. The second kappa shape index (κ2) is 25.0. The predicted molar refractivity (Wildman–Crippen MR) is 215 cm³/mol. The lowest BCUT2D eigenvalue weighted by Crippen LogP contribution is -2.56. The minimum atomic E-state index is -4.64. The van der Waals surface area contributed by atoms with Gasteiger partial charge in [-0.3, -0.25) is 19.3 Å². The maximum absolute atomic E-state index is 13.8. The summed E-state index contributed by atoms with van der Waals surface area (Å²) in [7, 11) is 1.57. The maximum atomic E-state index is 13.8. The van der Waals surface area contributed by atoms with Crippen molar-refractivity contribution in [1.82, 2.24) is 20.4 Å². The molecule has 298 valence electrons. The van der Waals surface area contributed by atoms with Gasteiger partial charge in [-0.1, -0.05) is 109 Å². The number of alkyl halides is 3. The SMILES string of the molecule is CC.CC.CCC(C)/C=C(\C=C(C)C)c1cc(C(F)(F)F)nn1CC(C)(C)NC(=O)[C@@H](C/C(C=NC)=C/N)NC(=O)C1CCC1.CCc1ccccc1. The van der Waals surface area contributed by atoms with Gasteiger partial charge < -0.3 is 16.4 Å². The molecule has 0 spiro atoms. The van der Waals surface area contributed by atoms with Crippen LogP contribution in [0.15, 0.2) is 70.9 Å². The number of amides is 2. The average Bonchev–Trinajstić information content (AvgIpc) is 3.52. The van der Waals surface area contributed by atoms with Crippen molar-refractivity contribution < 1.29 is 22.8 Å². The standard InChI is InChI=1S/C30H45F3N6O2.C8H10.2C2H6/c1-8-20(4)13-23(12-19(2)3)25-15-26(30(31,32)33)38-39(25)18-29(5,6)37-28(41)24(14-21(16-34)17-35-7)36-27(40)22-10-9-11-22;1-2-8-6-4-3-5-7-8;2*1-2/h12-13,15-17,20,22,24H,8-11,14,18,34H2,1-7H3,(H,36,40)(H,37,41);3-7H,2H2,1H3;2*1-2H3/b21-16-,23-13+,35-17?;;;/t20?,24-;;;/m1.../s1. The van der Waals surface area contributed by atoms with Crippen LogP contribution in [0.1, 0.15) is 125 Å². The van der Waals surface area contributed by atoms with E-state index in [-0.39, 0.29) is 30.7 Å². The summed E-state index contributed by atoms with van der Waals surface area (Å²) in [6.45, 7) is 21.3. The number of aliphatic imine (C=N–C) groups is 1. The van der Waals surface area contributed by atoms with E-state index in [1.54, 1.807) is 20.9 Å². The van der Waals surface area contributed by atoms with Crippen molar-refractivity contribution in [1.29, 1.82) is 0 Å². The van der Waals surface area contributed by atoms with E-state index >= 15 is 0 Å². The number of nitrogens with one attached hydrogen (secondary N) is 2. The molecule has 1 unspecified atom stereocenters. The van der Waals surface area contributed by atoms with Crippen LogP contribution in [0.25, 0.3) is 5.57 Å². The zero-order valence-electron chi connectivity index (χ0n) is 34.3. The number of nitrogens with zero attached hydrogens (tertiary/aromatic N) is 3. The fourth-order valence-corrected chi connectivity index (χ4v) is 5.13. The van der Waals surface area contributed by atoms with Gasteiger partial charge in [-0.25, -0.2) is 0 Å². The van der Waals surface area contributed by atoms with Crippen molar-refractivity contribution in [2.24, 2.45) is 22.6 Å². The summed E-state index contributed by atoms with van der Waals surface area (Å²) in [5, 5.41) is 9.67. The number of benzene rings is 1. The summed E-state index contributed by atoms with van der Waals surface area (Å²) in [5.74, 6) is -0.690. The van der Waals surface area contributed by atoms with Crippen LogP contribution in [0.2, 0.25) is 0 Å². The highest BCUT2D eigenvalue weighted by Crippen LogP contribution is 2.32. The molecular formula is C42H67F3N6O2. The summed E-state index contributed by atoms with van der Waals surface area (Å²) in [6, 6.07) is 10.6. The van der Waals surface area contributed by atoms with Gasteiger partial charge in [-0.2, -0.15) is 18.3 Å². The average molecular weight is 745 g/mol. The van der Waals surface area contributed by atoms with E-state index in [9.17, 15) is 22.8 Å². The third kappa shape index (κ3) is 18.0. The highest BCUT2D eigenvalue weighted by molar-refractivity contribution is 5.91. The Balaban J connectivity index is 0.00000193. The molecule has 0 radical (unpaired) electrons. The van der Waals surface area contributed by atoms with Crippen molar-refractivity contribution in [2.45, 2.75) is 139 Å². The summed E-state index contributed by atoms with van der Waals surface area (Å²) in [4.78, 5) is 30.2. The first-order chi connectivity index (χ1) is 25.0. The van der Waals surface area contributed by atoms with E-state index in [4.69, 9.17) is 5.73 Å². The third-order valence-corrected chi connectivity index (χ3v) is 8.23. The van der Waals surface area contributed by atoms with Crippen LogP contribution < -0.4 is 16.4 Å². The van der Waals surface area contributed by atoms with Gasteiger partial charge in [0.2, 0.25) is 11.8 Å². The molecule has 0 bridgehead atoms. The molecule has 2 aromatic rings. The van der Waals surface area contributed by atoms with E-state index in [2.05, 4.69) is 51.9 Å². The molecule has 4 N–H and O–H groups in total. The van der Waals surface area contributed by atoms with Crippen molar-refractivity contribution in [3.8, 4) is 0 Å². The second-order valence-electron chi connectivity index (χ2n) is 13.5. The number of halogens is 3. The molecule has 53 heavy (non-hydrogen) atoms. The Morgan fingerprint density at radius 1 is 1.08 bits per heavy atom. The van der Waals surface area contributed by atoms with Crippen molar-refractivity contribution in [3.63, 3.8) is 0 Å². The Morgan fingerprint density at radius 2 is 1.68 bits per heavy atom. The molecule has 1 heterocycles. The number of aromatic nitrogens is 2. The van der Waals surface area contributed by atoms with E-state index < -0.39 is 29.4 Å². The molecule has 1 aromatic carbocycles. The number of carbonyl (C=O) groups is 2. The van der Waals surface area contributed by atoms with Crippen LogP contribution in [0.4, 0.5) is 13.2 Å². The van der Waals surface area contributed by atoms with Crippen LogP contribution in [0, 0.1) is 11.8 Å². The number of allylic oxidation sites excluding steroid dienone is 4. The van der Waals surface area contributed by atoms with Crippen LogP contribution in [-0.2, 0) is 28.7 Å². The van der Waals surface area contributed by atoms with Gasteiger partial charge in [0.25, 0.3) is 0 Å². The lowest BCUT2D eigenvalue weighted by Gasteiger charge is -2.31. The lowest BCUT2D eigenvalue weighted by molar-refractivity contribution is -0.141. The Bertz CT molecular complexity index is 1480. The van der Waals surface area contributed by atoms with Crippen molar-refractivity contribution >= 4 is 23.6 Å². The summed E-state index contributed by atoms with van der Waals surface area (Å²) in [6.07, 6.45) is 6.56. The predicted octanol–water partition coefficient (Wildman–Crippen LogP) is 9.71. The fourth-order valence-electron chi connectivity index (χ4n) is 5.13. The molecule has 1 aliphatic carbocycles. The van der Waals surface area contributed by atoms with Gasteiger partial charge in [0.15, 0.2) is 5.69 Å². The number of rotatable bonds is 14. The number of hydrogen-bond acceptors (Lipinski definition) is 5. The van der Waals surface area contributed by atoms with Crippen LogP contribution >= 0.6 is 0 Å². The monoisotopic (exact) mass is 745 g/mol. The zero-order valence-corrected chi connectivity index (χ0v) is 34.3. The molecule has 2 amide bonds. The second-order valence-corrected chi connectivity index (χ2v) is 13.5. The zero-order chi connectivity index (χ0) is 40.8. The minimum absolute atomic E-state index is 0.0438. The lowest BCUT2D eigenvalue weighted by atomic mass is 9.84. The Labute approximate surface area is 317 Å². The molecule has 3 rings (SSSR count). The van der Waals surface area contributed by atoms with Crippen LogP contribution in [0.5, 0.6) is 0 Å². The van der Waals surface area contributed by atoms with Crippen LogP contribution in [0.3, 0.4) is 0 Å². The van der Waals surface area contributed by atoms with E-state index in [1.807, 2.05) is 73.6 Å². The molecule has 2 atom stereocenters. The summed E-state index contributed by atoms with van der Waals surface area (Å²) in [5.41, 5.74) is 7.52. The third-order valence-electron chi connectivity index (χ3n) is 8.23. The Hall–Kier alpha value is -4.15. The fraction of sp³-hybridized carbons (Fsp3) is 0.571. The molecule has 1 aromatic heterocycles. The maximum Gasteiger partial charge on any atom is 0.435 e. The molecule has 8 nitrogen and oxygen atoms in total. The summed E-state index contributed by atoms with van der Waals surface area (Å²) < 4.78 is 42.6. The number of aryl methyl sites for hydroxylation is 1. The molecule has 1 saturated carbocycles. The first-order valence-electron chi connectivity index (χ1n) is 19.0. The molecule has 0 saturated heterocycles. The first-order valence-corrected chi connectivity index (χ1v) is 19.0. The first kappa shape index (κ1) is 48.9. The van der Waals surface area contributed by atoms with E-state index in [0.29, 0.717) is 16.8 Å². The molecule has 11 heteroatoms. The molecule has 1 aliphatic rings. The summed E-state index contributed by atoms with van der Waals surface area (Å²) >= 11 is 0. The van der Waals surface area contributed by atoms with Gasteiger partial charge in [0.05, 0.1) is 17.8 Å². The number of carbonyl (C=O) groups excluding carboxylic acids is 2. The quantitative estimate of drug-likeness (QED) is 0.132. The molecular weight excluding hydrogens is 677 g/mol. The van der Waals surface area contributed by atoms with Gasteiger partial charge in [0, 0.05) is 25.6 Å². The largest absolute Gasteiger partial charge is 0.435 e. The van der Waals surface area contributed by atoms with Gasteiger partial charge in [-0.05, 0) is 81.9 Å².